The number of nitrogens with zero attached hydrogens (tertiary/aromatic N) is 3. The minimum atomic E-state index is -5.09. The average Bonchev–Trinajstić information content (AvgIpc) is 3.42. The van der Waals surface area contributed by atoms with Gasteiger partial charge in [-0.3, -0.25) is 15.1 Å². The lowest BCUT2D eigenvalue weighted by Gasteiger charge is -2.32. The fourth-order valence-electron chi connectivity index (χ4n) is 4.45. The van der Waals surface area contributed by atoms with Crippen LogP contribution >= 0.6 is 0 Å². The molecule has 0 aliphatic carbocycles. The minimum absolute atomic E-state index is 0.0146. The molecule has 178 valence electrons. The van der Waals surface area contributed by atoms with E-state index in [1.54, 1.807) is 18.2 Å². The number of aromatic nitrogens is 1. The first-order valence-corrected chi connectivity index (χ1v) is 10.5. The molecule has 3 aromatic carbocycles. The highest BCUT2D eigenvalue weighted by atomic mass is 19.4. The van der Waals surface area contributed by atoms with E-state index in [9.17, 15) is 32.8 Å². The van der Waals surface area contributed by atoms with Crippen molar-refractivity contribution in [1.82, 2.24) is 4.57 Å². The molecule has 35 heavy (non-hydrogen) atoms. The summed E-state index contributed by atoms with van der Waals surface area (Å²) in [7, 11) is 0. The second-order valence-electron chi connectivity index (χ2n) is 8.35. The summed E-state index contributed by atoms with van der Waals surface area (Å²) < 4.78 is 57.2. The van der Waals surface area contributed by atoms with Gasteiger partial charge in [0.15, 0.2) is 0 Å². The van der Waals surface area contributed by atoms with Crippen LogP contribution in [0.4, 0.5) is 23.2 Å². The molecule has 0 spiro atoms. The van der Waals surface area contributed by atoms with Crippen molar-refractivity contribution in [3.63, 3.8) is 0 Å². The highest BCUT2D eigenvalue weighted by molar-refractivity contribution is 5.88. The Hall–Kier alpha value is -4.05. The Bertz CT molecular complexity index is 1480. The Morgan fingerprint density at radius 1 is 1.06 bits per heavy atom. The largest absolute Gasteiger partial charge is 0.423 e. The monoisotopic (exact) mass is 483 g/mol. The quantitative estimate of drug-likeness (QED) is 0.226. The Kier molecular flexibility index (Phi) is 5.21. The summed E-state index contributed by atoms with van der Waals surface area (Å²) in [6, 6.07) is 14.7. The number of non-ortho nitro benzene ring substituents is 1. The van der Waals surface area contributed by atoms with Crippen LogP contribution < -0.4 is 0 Å². The maximum Gasteiger partial charge on any atom is 0.423 e. The summed E-state index contributed by atoms with van der Waals surface area (Å²) in [4.78, 5) is 15.1. The van der Waals surface area contributed by atoms with Gasteiger partial charge in [0.25, 0.3) is 5.69 Å². The van der Waals surface area contributed by atoms with E-state index < -0.39 is 40.7 Å². The number of hydrogen-bond donors (Lipinski definition) is 1. The molecule has 2 unspecified atom stereocenters. The van der Waals surface area contributed by atoms with Crippen molar-refractivity contribution in [2.75, 3.05) is 0 Å². The number of hydrogen-bond acceptors (Lipinski definition) is 4. The maximum absolute atomic E-state index is 14.3. The van der Waals surface area contributed by atoms with Gasteiger partial charge in [-0.1, -0.05) is 36.4 Å². The number of benzene rings is 3. The number of para-hydroxylation sites is 1. The van der Waals surface area contributed by atoms with Gasteiger partial charge < -0.3 is 9.67 Å². The van der Waals surface area contributed by atoms with E-state index in [0.29, 0.717) is 22.1 Å². The van der Waals surface area contributed by atoms with Crippen molar-refractivity contribution in [3.8, 4) is 0 Å². The van der Waals surface area contributed by atoms with E-state index in [1.807, 2.05) is 0 Å². The topological polar surface area (TPSA) is 80.7 Å². The molecule has 1 aliphatic rings. The summed E-state index contributed by atoms with van der Waals surface area (Å²) in [6.07, 6.45) is -2.39. The van der Waals surface area contributed by atoms with E-state index in [4.69, 9.17) is 0 Å². The number of alkyl halides is 3. The third-order valence-corrected chi connectivity index (χ3v) is 6.24. The summed E-state index contributed by atoms with van der Waals surface area (Å²) in [6.45, 7) is -0.984. The predicted octanol–water partition coefficient (Wildman–Crippen LogP) is 5.66. The fraction of sp³-hybridized carbons (Fsp3) is 0.160. The molecule has 5 rings (SSSR count). The number of nitro groups is 1. The van der Waals surface area contributed by atoms with Gasteiger partial charge in [-0.25, -0.2) is 4.39 Å². The molecule has 1 aliphatic heterocycles. The summed E-state index contributed by atoms with van der Waals surface area (Å²) in [5.74, 6) is -0.417. The van der Waals surface area contributed by atoms with Crippen LogP contribution in [0.1, 0.15) is 28.3 Å². The van der Waals surface area contributed by atoms with Crippen LogP contribution in [0, 0.1) is 15.9 Å². The highest BCUT2D eigenvalue weighted by Gasteiger charge is 2.55. The molecule has 0 saturated carbocycles. The molecule has 0 saturated heterocycles. The Balaban J connectivity index is 1.57. The van der Waals surface area contributed by atoms with Gasteiger partial charge in [-0.15, -0.1) is 0 Å². The zero-order chi connectivity index (χ0) is 25.0. The first kappa shape index (κ1) is 22.7. The van der Waals surface area contributed by atoms with E-state index in [0.717, 1.165) is 4.57 Å². The van der Waals surface area contributed by atoms with E-state index in [-0.39, 0.29) is 11.2 Å². The fourth-order valence-corrected chi connectivity index (χ4v) is 4.45. The molecule has 0 radical (unpaired) electrons. The van der Waals surface area contributed by atoms with Crippen molar-refractivity contribution in [1.29, 1.82) is 0 Å². The highest BCUT2D eigenvalue weighted by Crippen LogP contribution is 2.43. The number of aliphatic hydroxyl groups is 1. The smallest absolute Gasteiger partial charge is 0.375 e. The second-order valence-corrected chi connectivity index (χ2v) is 8.35. The lowest BCUT2D eigenvalue weighted by Crippen LogP contribution is -2.45. The van der Waals surface area contributed by atoms with E-state index >= 15 is 0 Å². The number of aliphatic imine (C=N–C) groups is 1. The summed E-state index contributed by atoms with van der Waals surface area (Å²) in [5.41, 5.74) is -2.45. The van der Waals surface area contributed by atoms with Gasteiger partial charge in [0, 0.05) is 23.9 Å². The molecule has 1 N–H and O–H groups in total. The first-order chi connectivity index (χ1) is 16.6. The lowest BCUT2D eigenvalue weighted by atomic mass is 9.88. The normalized spacial score (nSPS) is 16.9. The van der Waals surface area contributed by atoms with Crippen LogP contribution in [0.5, 0.6) is 0 Å². The average molecular weight is 483 g/mol. The number of rotatable bonds is 5. The van der Waals surface area contributed by atoms with Crippen LogP contribution in [0.25, 0.3) is 10.9 Å². The van der Waals surface area contributed by atoms with Gasteiger partial charge in [0.1, 0.15) is 17.4 Å². The Morgan fingerprint density at radius 2 is 1.80 bits per heavy atom. The molecule has 2 atom stereocenters. The van der Waals surface area contributed by atoms with Crippen molar-refractivity contribution >= 4 is 22.8 Å². The lowest BCUT2D eigenvalue weighted by molar-refractivity contribution is -0.383. The van der Waals surface area contributed by atoms with Crippen molar-refractivity contribution in [3.05, 3.63) is 111 Å². The third kappa shape index (κ3) is 3.75. The molecule has 2 heterocycles. The molecular formula is C25H17F4N3O3. The van der Waals surface area contributed by atoms with Crippen LogP contribution in [-0.4, -0.2) is 27.0 Å². The molecule has 0 bridgehead atoms. The molecule has 4 aromatic rings. The molecule has 1 aromatic heterocycles. The molecule has 10 heteroatoms. The van der Waals surface area contributed by atoms with Crippen LogP contribution in [0.15, 0.2) is 77.9 Å². The standard InChI is InChI=1S/C25H17F4N3O3/c26-19-7-4-15(5-8-19)22-20-9-6-18(12-17(20)13-30-22)24(33,25(27,28)29)14-31-11-10-16-2-1-3-21(23(16)31)32(34)35/h1-13,22,33H,14H2. The predicted molar refractivity (Wildman–Crippen MR) is 121 cm³/mol. The van der Waals surface area contributed by atoms with Crippen molar-refractivity contribution in [2.24, 2.45) is 4.99 Å². The van der Waals surface area contributed by atoms with Crippen molar-refractivity contribution in [2.45, 2.75) is 24.4 Å². The number of nitro benzene ring substituents is 1. The SMILES string of the molecule is O=[N+]([O-])c1cccc2ccn(CC(O)(c3ccc4c(c3)C=NC4c3ccc(F)cc3)C(F)(F)F)c12. The molecular weight excluding hydrogens is 466 g/mol. The third-order valence-electron chi connectivity index (χ3n) is 6.24. The second kappa shape index (κ2) is 8.02. The molecule has 0 amide bonds. The zero-order valence-corrected chi connectivity index (χ0v) is 17.9. The zero-order valence-electron chi connectivity index (χ0n) is 17.9. The van der Waals surface area contributed by atoms with Crippen LogP contribution in [-0.2, 0) is 12.1 Å². The summed E-state index contributed by atoms with van der Waals surface area (Å²) in [5, 5.41) is 22.9. The van der Waals surface area contributed by atoms with Crippen LogP contribution in [0.2, 0.25) is 0 Å². The number of fused-ring (bicyclic) bond motifs is 2. The van der Waals surface area contributed by atoms with Gasteiger partial charge >= 0.3 is 6.18 Å². The Morgan fingerprint density at radius 3 is 2.49 bits per heavy atom. The first-order valence-electron chi connectivity index (χ1n) is 10.5. The molecule has 6 nitrogen and oxygen atoms in total. The van der Waals surface area contributed by atoms with Gasteiger partial charge in [0.2, 0.25) is 5.60 Å². The molecule has 0 fully saturated rings. The maximum atomic E-state index is 14.3. The minimum Gasteiger partial charge on any atom is -0.375 e. The van der Waals surface area contributed by atoms with E-state index in [1.165, 1.54) is 60.9 Å². The van der Waals surface area contributed by atoms with Gasteiger partial charge in [-0.2, -0.15) is 13.2 Å². The number of halogens is 4. The summed E-state index contributed by atoms with van der Waals surface area (Å²) >= 11 is 0. The van der Waals surface area contributed by atoms with Crippen molar-refractivity contribution < 1.29 is 27.6 Å². The van der Waals surface area contributed by atoms with Gasteiger partial charge in [-0.05, 0) is 46.5 Å². The van der Waals surface area contributed by atoms with Crippen LogP contribution in [0.3, 0.4) is 0 Å². The Labute approximate surface area is 195 Å². The van der Waals surface area contributed by atoms with E-state index in [2.05, 4.69) is 4.99 Å². The van der Waals surface area contributed by atoms with Gasteiger partial charge in [0.05, 0.1) is 11.5 Å².